The minimum absolute atomic E-state index is 0.311. The molecular weight excluding hydrogens is 332 g/mol. The maximum atomic E-state index is 6.08. The number of nitrogens with one attached hydrogen (secondary N) is 1. The SMILES string of the molecule is Clc1ccc(OC2CCN(CCc3c[nH]c4ccccc34)CC2)cc1. The average molecular weight is 355 g/mol. The molecule has 4 rings (SSSR count). The number of halogens is 1. The second kappa shape index (κ2) is 7.51. The van der Waals surface area contributed by atoms with E-state index in [-0.39, 0.29) is 0 Å². The summed E-state index contributed by atoms with van der Waals surface area (Å²) in [4.78, 5) is 5.91. The molecule has 0 bridgehead atoms. The van der Waals surface area contributed by atoms with Crippen molar-refractivity contribution < 1.29 is 4.74 Å². The van der Waals surface area contributed by atoms with Crippen molar-refractivity contribution in [3.8, 4) is 5.75 Å². The second-order valence-corrected chi connectivity index (χ2v) is 7.16. The number of H-pyrrole nitrogens is 1. The van der Waals surface area contributed by atoms with Crippen LogP contribution in [0.5, 0.6) is 5.75 Å². The molecule has 2 aromatic carbocycles. The van der Waals surface area contributed by atoms with E-state index in [1.165, 1.54) is 16.5 Å². The molecule has 4 heteroatoms. The quantitative estimate of drug-likeness (QED) is 0.705. The predicted octanol–water partition coefficient (Wildman–Crippen LogP) is 4.91. The number of para-hydroxylation sites is 1. The lowest BCUT2D eigenvalue weighted by Gasteiger charge is -2.32. The molecule has 0 amide bonds. The largest absolute Gasteiger partial charge is 0.490 e. The van der Waals surface area contributed by atoms with E-state index in [1.807, 2.05) is 24.3 Å². The first-order valence-electron chi connectivity index (χ1n) is 8.97. The molecule has 0 spiro atoms. The minimum Gasteiger partial charge on any atom is -0.490 e. The highest BCUT2D eigenvalue weighted by atomic mass is 35.5. The molecule has 2 heterocycles. The maximum Gasteiger partial charge on any atom is 0.119 e. The van der Waals surface area contributed by atoms with Crippen LogP contribution >= 0.6 is 11.6 Å². The van der Waals surface area contributed by atoms with Gasteiger partial charge in [0.1, 0.15) is 11.9 Å². The van der Waals surface area contributed by atoms with E-state index in [9.17, 15) is 0 Å². The fourth-order valence-electron chi connectivity index (χ4n) is 3.57. The van der Waals surface area contributed by atoms with Crippen LogP contribution in [0.2, 0.25) is 5.02 Å². The number of hydrogen-bond acceptors (Lipinski definition) is 2. The van der Waals surface area contributed by atoms with E-state index in [2.05, 4.69) is 40.3 Å². The second-order valence-electron chi connectivity index (χ2n) is 6.72. The van der Waals surface area contributed by atoms with Gasteiger partial charge in [-0.15, -0.1) is 0 Å². The lowest BCUT2D eigenvalue weighted by molar-refractivity contribution is 0.101. The van der Waals surface area contributed by atoms with E-state index < -0.39 is 0 Å². The number of ether oxygens (including phenoxy) is 1. The summed E-state index contributed by atoms with van der Waals surface area (Å²) >= 11 is 5.92. The molecular formula is C21H23ClN2O. The number of aromatic nitrogens is 1. The zero-order valence-corrected chi connectivity index (χ0v) is 15.0. The van der Waals surface area contributed by atoms with E-state index in [4.69, 9.17) is 16.3 Å². The first-order chi connectivity index (χ1) is 12.3. The predicted molar refractivity (Wildman–Crippen MR) is 104 cm³/mol. The summed E-state index contributed by atoms with van der Waals surface area (Å²) in [6.45, 7) is 3.30. The lowest BCUT2D eigenvalue weighted by Crippen LogP contribution is -2.39. The molecule has 0 saturated carbocycles. The fourth-order valence-corrected chi connectivity index (χ4v) is 3.70. The van der Waals surface area contributed by atoms with Gasteiger partial charge in [0.25, 0.3) is 0 Å². The van der Waals surface area contributed by atoms with Crippen molar-refractivity contribution in [3.05, 3.63) is 65.3 Å². The Balaban J connectivity index is 1.27. The summed E-state index contributed by atoms with van der Waals surface area (Å²) in [5.41, 5.74) is 2.64. The van der Waals surface area contributed by atoms with Crippen LogP contribution in [-0.2, 0) is 6.42 Å². The molecule has 130 valence electrons. The standard InChI is InChI=1S/C21H23ClN2O/c22-17-5-7-18(8-6-17)25-19-10-13-24(14-11-19)12-9-16-15-23-21-4-2-1-3-20(16)21/h1-8,15,19,23H,9-14H2. The zero-order valence-electron chi connectivity index (χ0n) is 14.2. The van der Waals surface area contributed by atoms with Crippen molar-refractivity contribution in [2.45, 2.75) is 25.4 Å². The Morgan fingerprint density at radius 2 is 1.80 bits per heavy atom. The molecule has 1 fully saturated rings. The first-order valence-corrected chi connectivity index (χ1v) is 9.35. The third-order valence-corrected chi connectivity index (χ3v) is 5.28. The Labute approximate surface area is 153 Å². The normalized spacial score (nSPS) is 16.4. The van der Waals surface area contributed by atoms with Gasteiger partial charge < -0.3 is 14.6 Å². The smallest absolute Gasteiger partial charge is 0.119 e. The molecule has 1 aromatic heterocycles. The Hall–Kier alpha value is -1.97. The van der Waals surface area contributed by atoms with Gasteiger partial charge in [0.05, 0.1) is 0 Å². The molecule has 3 aromatic rings. The number of nitrogens with zero attached hydrogens (tertiary/aromatic N) is 1. The first kappa shape index (κ1) is 16.5. The summed E-state index contributed by atoms with van der Waals surface area (Å²) in [6.07, 6.45) is 5.71. The van der Waals surface area contributed by atoms with Crippen LogP contribution in [-0.4, -0.2) is 35.6 Å². The highest BCUT2D eigenvalue weighted by Crippen LogP contribution is 2.22. The Bertz CT molecular complexity index is 819. The molecule has 1 N–H and O–H groups in total. The van der Waals surface area contributed by atoms with E-state index in [0.29, 0.717) is 6.10 Å². The van der Waals surface area contributed by atoms with Gasteiger partial charge in [-0.25, -0.2) is 0 Å². The van der Waals surface area contributed by atoms with Gasteiger partial charge in [-0.3, -0.25) is 0 Å². The minimum atomic E-state index is 0.311. The van der Waals surface area contributed by atoms with Gasteiger partial charge in [0, 0.05) is 41.8 Å². The monoisotopic (exact) mass is 354 g/mol. The van der Waals surface area contributed by atoms with Gasteiger partial charge in [0.2, 0.25) is 0 Å². The Morgan fingerprint density at radius 1 is 1.04 bits per heavy atom. The summed E-state index contributed by atoms with van der Waals surface area (Å²) in [7, 11) is 0. The van der Waals surface area contributed by atoms with Crippen molar-refractivity contribution in [1.82, 2.24) is 9.88 Å². The number of fused-ring (bicyclic) bond motifs is 1. The lowest BCUT2D eigenvalue weighted by atomic mass is 10.1. The summed E-state index contributed by atoms with van der Waals surface area (Å²) in [5.74, 6) is 0.918. The number of aromatic amines is 1. The third-order valence-electron chi connectivity index (χ3n) is 5.02. The van der Waals surface area contributed by atoms with Crippen molar-refractivity contribution >= 4 is 22.5 Å². The summed E-state index contributed by atoms with van der Waals surface area (Å²) < 4.78 is 6.08. The summed E-state index contributed by atoms with van der Waals surface area (Å²) in [5, 5.41) is 2.10. The molecule has 0 aliphatic carbocycles. The average Bonchev–Trinajstić information content (AvgIpc) is 3.06. The molecule has 25 heavy (non-hydrogen) atoms. The topological polar surface area (TPSA) is 28.3 Å². The van der Waals surface area contributed by atoms with Crippen molar-refractivity contribution in [2.24, 2.45) is 0 Å². The van der Waals surface area contributed by atoms with Gasteiger partial charge >= 0.3 is 0 Å². The van der Waals surface area contributed by atoms with E-state index in [0.717, 1.165) is 49.7 Å². The molecule has 1 aliphatic heterocycles. The van der Waals surface area contributed by atoms with Gasteiger partial charge in [-0.05, 0) is 55.2 Å². The maximum absolute atomic E-state index is 6.08. The Morgan fingerprint density at radius 3 is 2.60 bits per heavy atom. The zero-order chi connectivity index (χ0) is 17.1. The van der Waals surface area contributed by atoms with Crippen LogP contribution in [0.4, 0.5) is 0 Å². The Kier molecular flexibility index (Phi) is 4.95. The van der Waals surface area contributed by atoms with Crippen LogP contribution in [0.25, 0.3) is 10.9 Å². The molecule has 1 saturated heterocycles. The highest BCUT2D eigenvalue weighted by molar-refractivity contribution is 6.30. The van der Waals surface area contributed by atoms with Crippen LogP contribution in [0.3, 0.4) is 0 Å². The van der Waals surface area contributed by atoms with Gasteiger partial charge in [0.15, 0.2) is 0 Å². The highest BCUT2D eigenvalue weighted by Gasteiger charge is 2.20. The number of likely N-dealkylation sites (tertiary alicyclic amines) is 1. The number of hydrogen-bond donors (Lipinski definition) is 1. The van der Waals surface area contributed by atoms with Crippen molar-refractivity contribution in [3.63, 3.8) is 0 Å². The summed E-state index contributed by atoms with van der Waals surface area (Å²) in [6, 6.07) is 16.2. The number of benzene rings is 2. The fraction of sp³-hybridized carbons (Fsp3) is 0.333. The molecule has 0 radical (unpaired) electrons. The molecule has 0 unspecified atom stereocenters. The van der Waals surface area contributed by atoms with Crippen LogP contribution in [0.1, 0.15) is 18.4 Å². The van der Waals surface area contributed by atoms with Crippen molar-refractivity contribution in [1.29, 1.82) is 0 Å². The van der Waals surface area contributed by atoms with Gasteiger partial charge in [-0.2, -0.15) is 0 Å². The van der Waals surface area contributed by atoms with Gasteiger partial charge in [-0.1, -0.05) is 29.8 Å². The third kappa shape index (κ3) is 4.00. The van der Waals surface area contributed by atoms with Crippen molar-refractivity contribution in [2.75, 3.05) is 19.6 Å². The van der Waals surface area contributed by atoms with Crippen LogP contribution in [0, 0.1) is 0 Å². The van der Waals surface area contributed by atoms with Crippen LogP contribution in [0.15, 0.2) is 54.7 Å². The molecule has 3 nitrogen and oxygen atoms in total. The molecule has 1 aliphatic rings. The number of piperidine rings is 1. The van der Waals surface area contributed by atoms with E-state index >= 15 is 0 Å². The number of rotatable bonds is 5. The van der Waals surface area contributed by atoms with E-state index in [1.54, 1.807) is 0 Å². The molecule has 0 atom stereocenters. The van der Waals surface area contributed by atoms with Crippen LogP contribution < -0.4 is 4.74 Å².